The smallest absolute Gasteiger partial charge is 0.306 e. The summed E-state index contributed by atoms with van der Waals surface area (Å²) >= 11 is 0. The topological polar surface area (TPSA) is 78.9 Å². The van der Waals surface area contributed by atoms with Crippen molar-refractivity contribution in [2.45, 2.75) is 264 Å². The highest BCUT2D eigenvalue weighted by molar-refractivity contribution is 5.71. The quantitative estimate of drug-likeness (QED) is 0.0262. The summed E-state index contributed by atoms with van der Waals surface area (Å²) in [6.07, 6.45) is 77.9. The van der Waals surface area contributed by atoms with E-state index in [1.54, 1.807) is 0 Å². The van der Waals surface area contributed by atoms with Gasteiger partial charge in [-0.15, -0.1) is 0 Å². The number of allylic oxidation sites excluding steroid dienone is 18. The molecule has 0 fully saturated rings. The Morgan fingerprint density at radius 3 is 0.914 bits per heavy atom. The molecule has 70 heavy (non-hydrogen) atoms. The van der Waals surface area contributed by atoms with Crippen molar-refractivity contribution in [2.75, 3.05) is 13.2 Å². The second-order valence-electron chi connectivity index (χ2n) is 18.8. The monoisotopic (exact) mass is 971 g/mol. The molecule has 1 unspecified atom stereocenters. The molecule has 0 heterocycles. The molecule has 0 saturated heterocycles. The van der Waals surface area contributed by atoms with Crippen molar-refractivity contribution in [1.82, 2.24) is 0 Å². The average Bonchev–Trinajstić information content (AvgIpc) is 3.36. The maximum atomic E-state index is 12.8. The summed E-state index contributed by atoms with van der Waals surface area (Å²) in [5.41, 5.74) is 0. The molecule has 0 saturated carbocycles. The number of esters is 3. The van der Waals surface area contributed by atoms with Crippen LogP contribution in [0.1, 0.15) is 258 Å². The van der Waals surface area contributed by atoms with Gasteiger partial charge in [0.2, 0.25) is 0 Å². The first-order valence-electron chi connectivity index (χ1n) is 28.9. The van der Waals surface area contributed by atoms with Gasteiger partial charge in [-0.25, -0.2) is 0 Å². The van der Waals surface area contributed by atoms with Gasteiger partial charge in [-0.05, 0) is 103 Å². The zero-order valence-corrected chi connectivity index (χ0v) is 45.5. The molecule has 0 amide bonds. The van der Waals surface area contributed by atoms with Crippen LogP contribution < -0.4 is 0 Å². The van der Waals surface area contributed by atoms with E-state index < -0.39 is 6.10 Å². The highest BCUT2D eigenvalue weighted by atomic mass is 16.6. The van der Waals surface area contributed by atoms with E-state index in [0.717, 1.165) is 148 Å². The van der Waals surface area contributed by atoms with Gasteiger partial charge >= 0.3 is 17.9 Å². The third kappa shape index (κ3) is 55.0. The van der Waals surface area contributed by atoms with Gasteiger partial charge in [0.05, 0.1) is 0 Å². The summed E-state index contributed by atoms with van der Waals surface area (Å²) in [7, 11) is 0. The minimum Gasteiger partial charge on any atom is -0.462 e. The largest absolute Gasteiger partial charge is 0.462 e. The van der Waals surface area contributed by atoms with E-state index in [4.69, 9.17) is 14.2 Å². The van der Waals surface area contributed by atoms with Gasteiger partial charge < -0.3 is 14.2 Å². The summed E-state index contributed by atoms with van der Waals surface area (Å²) in [4.78, 5) is 38.1. The van der Waals surface area contributed by atoms with E-state index in [1.807, 2.05) is 0 Å². The molecule has 0 aliphatic heterocycles. The van der Waals surface area contributed by atoms with E-state index in [1.165, 1.54) is 70.6 Å². The molecule has 0 aromatic carbocycles. The summed E-state index contributed by atoms with van der Waals surface area (Å²) in [6, 6.07) is 0. The Hall–Kier alpha value is -3.93. The lowest BCUT2D eigenvalue weighted by atomic mass is 10.1. The van der Waals surface area contributed by atoms with Crippen LogP contribution in [0.5, 0.6) is 0 Å². The van der Waals surface area contributed by atoms with E-state index >= 15 is 0 Å². The Labute approximate surface area is 431 Å². The van der Waals surface area contributed by atoms with Crippen molar-refractivity contribution >= 4 is 17.9 Å². The molecular weight excluding hydrogens is 865 g/mol. The first-order valence-corrected chi connectivity index (χ1v) is 28.9. The third-order valence-electron chi connectivity index (χ3n) is 12.0. The van der Waals surface area contributed by atoms with Crippen LogP contribution in [0.3, 0.4) is 0 Å². The highest BCUT2D eigenvalue weighted by Crippen LogP contribution is 2.14. The fraction of sp³-hybridized carbons (Fsp3) is 0.672. The lowest BCUT2D eigenvalue weighted by Crippen LogP contribution is -2.30. The maximum Gasteiger partial charge on any atom is 0.306 e. The number of unbranched alkanes of at least 4 members (excludes halogenated alkanes) is 22. The first kappa shape index (κ1) is 66.1. The SMILES string of the molecule is CC/C=C\C/C=C\C/C=C\C/C=C\C/C=C\C/C=C\C/C=C\CCCCCCCC(=O)OCC(COC(=O)CCCCCCCCCCCCC)OC(=O)CCCCCCC/C=C\C/C=C\CCCC. The minimum absolute atomic E-state index is 0.0895. The van der Waals surface area contributed by atoms with E-state index in [-0.39, 0.29) is 31.1 Å². The molecule has 1 atom stereocenters. The standard InChI is InChI=1S/C64H106O6/c1-4-7-10-13-16-19-22-24-26-27-28-29-30-31-32-33-34-35-36-37-38-40-42-45-48-51-54-57-63(66)69-60-61(59-68-62(65)56-53-50-47-44-41-21-18-15-12-9-6-3)70-64(67)58-55-52-49-46-43-39-25-23-20-17-14-11-8-5-2/h7,10,14,16-17,19,23-26,28-29,31-32,34-35,37-38,61H,4-6,8-9,11-13,15,18,20-22,27,30,33,36,39-60H2,1-3H3/b10-7-,17-14-,19-16-,25-23-,26-24-,29-28-,32-31-,35-34-,38-37-. The van der Waals surface area contributed by atoms with Crippen molar-refractivity contribution in [3.8, 4) is 0 Å². The molecule has 6 nitrogen and oxygen atoms in total. The Kier molecular flexibility index (Phi) is 54.4. The number of carbonyl (C=O) groups excluding carboxylic acids is 3. The van der Waals surface area contributed by atoms with Gasteiger partial charge in [0.25, 0.3) is 0 Å². The number of hydrogen-bond acceptors (Lipinski definition) is 6. The second kappa shape index (κ2) is 57.6. The molecule has 0 aromatic heterocycles. The summed E-state index contributed by atoms with van der Waals surface area (Å²) in [5, 5.41) is 0. The van der Waals surface area contributed by atoms with Crippen LogP contribution in [0.2, 0.25) is 0 Å². The van der Waals surface area contributed by atoms with Gasteiger partial charge in [0.15, 0.2) is 6.10 Å². The molecular formula is C64H106O6. The molecule has 0 aromatic rings. The van der Waals surface area contributed by atoms with Crippen molar-refractivity contribution in [3.63, 3.8) is 0 Å². The summed E-state index contributed by atoms with van der Waals surface area (Å²) < 4.78 is 16.8. The highest BCUT2D eigenvalue weighted by Gasteiger charge is 2.19. The molecule has 0 bridgehead atoms. The fourth-order valence-corrected chi connectivity index (χ4v) is 7.67. The van der Waals surface area contributed by atoms with Gasteiger partial charge in [-0.2, -0.15) is 0 Å². The number of carbonyl (C=O) groups is 3. The maximum absolute atomic E-state index is 12.8. The molecule has 0 radical (unpaired) electrons. The predicted molar refractivity (Wildman–Crippen MR) is 302 cm³/mol. The Bertz CT molecular complexity index is 1440. The van der Waals surface area contributed by atoms with Crippen LogP contribution in [0.25, 0.3) is 0 Å². The molecule has 0 aliphatic rings. The van der Waals surface area contributed by atoms with Gasteiger partial charge in [0.1, 0.15) is 13.2 Å². The second-order valence-corrected chi connectivity index (χ2v) is 18.8. The summed E-state index contributed by atoms with van der Waals surface area (Å²) in [6.45, 7) is 6.45. The van der Waals surface area contributed by atoms with Crippen molar-refractivity contribution in [2.24, 2.45) is 0 Å². The number of rotatable bonds is 51. The van der Waals surface area contributed by atoms with Crippen molar-refractivity contribution < 1.29 is 28.6 Å². The molecule has 398 valence electrons. The third-order valence-corrected chi connectivity index (χ3v) is 12.0. The van der Waals surface area contributed by atoms with E-state index in [9.17, 15) is 14.4 Å². The predicted octanol–water partition coefficient (Wildman–Crippen LogP) is 19.5. The van der Waals surface area contributed by atoms with Crippen molar-refractivity contribution in [1.29, 1.82) is 0 Å². The van der Waals surface area contributed by atoms with Crippen LogP contribution in [0, 0.1) is 0 Å². The number of hydrogen-bond donors (Lipinski definition) is 0. The molecule has 6 heteroatoms. The Morgan fingerprint density at radius 1 is 0.300 bits per heavy atom. The zero-order chi connectivity index (χ0) is 50.7. The van der Waals surface area contributed by atoms with Crippen LogP contribution in [0.15, 0.2) is 109 Å². The average molecular weight is 972 g/mol. The van der Waals surface area contributed by atoms with Crippen molar-refractivity contribution in [3.05, 3.63) is 109 Å². The van der Waals surface area contributed by atoms with Gasteiger partial charge in [-0.1, -0.05) is 246 Å². The van der Waals surface area contributed by atoms with E-state index in [0.29, 0.717) is 19.3 Å². The molecule has 0 rings (SSSR count). The van der Waals surface area contributed by atoms with Crippen LogP contribution in [-0.4, -0.2) is 37.2 Å². The number of ether oxygens (including phenoxy) is 3. The minimum atomic E-state index is -0.793. The molecule has 0 aliphatic carbocycles. The molecule has 0 N–H and O–H groups in total. The van der Waals surface area contributed by atoms with Gasteiger partial charge in [0, 0.05) is 19.3 Å². The lowest BCUT2D eigenvalue weighted by Gasteiger charge is -2.18. The first-order chi connectivity index (χ1) is 34.5. The normalized spacial score (nSPS) is 12.9. The molecule has 0 spiro atoms. The van der Waals surface area contributed by atoms with Gasteiger partial charge in [-0.3, -0.25) is 14.4 Å². The Balaban J connectivity index is 4.34. The zero-order valence-electron chi connectivity index (χ0n) is 45.5. The summed E-state index contributed by atoms with van der Waals surface area (Å²) in [5.74, 6) is -0.924. The fourth-order valence-electron chi connectivity index (χ4n) is 7.67. The van der Waals surface area contributed by atoms with E-state index in [2.05, 4.69) is 130 Å². The van der Waals surface area contributed by atoms with Crippen LogP contribution >= 0.6 is 0 Å². The lowest BCUT2D eigenvalue weighted by molar-refractivity contribution is -0.167. The Morgan fingerprint density at radius 2 is 0.571 bits per heavy atom. The van der Waals surface area contributed by atoms with Crippen LogP contribution in [-0.2, 0) is 28.6 Å². The van der Waals surface area contributed by atoms with Crippen LogP contribution in [0.4, 0.5) is 0 Å².